The molecule has 0 saturated carbocycles. The maximum atomic E-state index is 11.2. The number of aromatic nitrogens is 1. The van der Waals surface area contributed by atoms with Crippen molar-refractivity contribution in [3.05, 3.63) is 24.5 Å². The summed E-state index contributed by atoms with van der Waals surface area (Å²) in [6.07, 6.45) is 2.82. The molecule has 0 aliphatic carbocycles. The molecule has 1 heterocycles. The molecule has 0 amide bonds. The molecular weight excluding hydrogens is 201 g/mol. The van der Waals surface area contributed by atoms with Crippen molar-refractivity contribution in [2.45, 2.75) is 11.8 Å². The van der Waals surface area contributed by atoms with Crippen LogP contribution >= 0.6 is 0 Å². The van der Waals surface area contributed by atoms with Crippen molar-refractivity contribution in [1.82, 2.24) is 4.98 Å². The van der Waals surface area contributed by atoms with Crippen LogP contribution in [0.3, 0.4) is 0 Å². The topological polar surface area (TPSA) is 56.3 Å². The molecule has 0 fully saturated rings. The molecule has 1 rings (SSSR count). The Morgan fingerprint density at radius 3 is 2.38 bits per heavy atom. The fourth-order valence-electron chi connectivity index (χ4n) is 0.728. The Morgan fingerprint density at radius 2 is 1.92 bits per heavy atom. The molecule has 13 heavy (non-hydrogen) atoms. The van der Waals surface area contributed by atoms with E-state index in [4.69, 9.17) is 0 Å². The van der Waals surface area contributed by atoms with Gasteiger partial charge in [0.15, 0.2) is 0 Å². The molecule has 0 N–H and O–H groups in total. The molecule has 6 heteroatoms. The summed E-state index contributed by atoms with van der Waals surface area (Å²) < 4.78 is 26.9. The predicted molar refractivity (Wildman–Crippen MR) is 50.2 cm³/mol. The zero-order valence-electron chi connectivity index (χ0n) is 6.60. The first-order valence-corrected chi connectivity index (χ1v) is 4.87. The minimum absolute atomic E-state index is 0. The standard InChI is InChI=1S/C7H9NO3S.Na.H/c1-2-11-12(9,10)7-3-5-8-6-4-7;;/h3-6H,2H2,1H3;;. The molecule has 0 bridgehead atoms. The molecule has 4 nitrogen and oxygen atoms in total. The summed E-state index contributed by atoms with van der Waals surface area (Å²) in [5, 5.41) is 0. The summed E-state index contributed by atoms with van der Waals surface area (Å²) in [6, 6.07) is 2.79. The first-order valence-electron chi connectivity index (χ1n) is 3.46. The molecule has 0 aliphatic heterocycles. The molecule has 0 saturated heterocycles. The van der Waals surface area contributed by atoms with E-state index < -0.39 is 10.1 Å². The van der Waals surface area contributed by atoms with Gasteiger partial charge in [-0.1, -0.05) is 0 Å². The summed E-state index contributed by atoms with van der Waals surface area (Å²) in [4.78, 5) is 3.84. The fourth-order valence-corrected chi connectivity index (χ4v) is 1.63. The Morgan fingerprint density at radius 1 is 1.38 bits per heavy atom. The van der Waals surface area contributed by atoms with Crippen LogP contribution in [-0.4, -0.2) is 49.6 Å². The van der Waals surface area contributed by atoms with E-state index in [1.165, 1.54) is 24.5 Å². The van der Waals surface area contributed by atoms with E-state index in [1.54, 1.807) is 6.92 Å². The first kappa shape index (κ1) is 13.1. The van der Waals surface area contributed by atoms with Gasteiger partial charge >= 0.3 is 29.6 Å². The van der Waals surface area contributed by atoms with E-state index in [0.29, 0.717) is 0 Å². The third-order valence-corrected chi connectivity index (χ3v) is 2.61. The molecule has 0 unspecified atom stereocenters. The summed E-state index contributed by atoms with van der Waals surface area (Å²) >= 11 is 0. The number of hydrogen-bond acceptors (Lipinski definition) is 4. The van der Waals surface area contributed by atoms with E-state index in [2.05, 4.69) is 9.17 Å². The molecule has 0 atom stereocenters. The van der Waals surface area contributed by atoms with E-state index in [-0.39, 0.29) is 41.1 Å². The molecule has 1 aromatic heterocycles. The Kier molecular flexibility index (Phi) is 5.75. The molecular formula is C7H10NNaO3S. The van der Waals surface area contributed by atoms with Crippen molar-refractivity contribution < 1.29 is 12.6 Å². The quantitative estimate of drug-likeness (QED) is 0.528. The van der Waals surface area contributed by atoms with Gasteiger partial charge in [-0.15, -0.1) is 0 Å². The van der Waals surface area contributed by atoms with Gasteiger partial charge in [-0.05, 0) is 19.1 Å². The predicted octanol–water partition coefficient (Wildman–Crippen LogP) is 0.158. The van der Waals surface area contributed by atoms with Crippen LogP contribution in [0.2, 0.25) is 0 Å². The third-order valence-electron chi connectivity index (χ3n) is 1.21. The Labute approximate surface area is 99.7 Å². The second-order valence-corrected chi connectivity index (χ2v) is 3.66. The van der Waals surface area contributed by atoms with Crippen LogP contribution in [0.4, 0.5) is 0 Å². The Balaban J connectivity index is 0.00000144. The van der Waals surface area contributed by atoms with E-state index in [0.717, 1.165) is 0 Å². The van der Waals surface area contributed by atoms with Gasteiger partial charge < -0.3 is 0 Å². The number of rotatable bonds is 3. The second kappa shape index (κ2) is 5.72. The van der Waals surface area contributed by atoms with Crippen LogP contribution in [0.25, 0.3) is 0 Å². The maximum absolute atomic E-state index is 11.2. The average Bonchev–Trinajstić information content (AvgIpc) is 2.06. The zero-order chi connectivity index (χ0) is 9.03. The van der Waals surface area contributed by atoms with Gasteiger partial charge in [-0.2, -0.15) is 8.42 Å². The van der Waals surface area contributed by atoms with Crippen molar-refractivity contribution in [2.24, 2.45) is 0 Å². The zero-order valence-corrected chi connectivity index (χ0v) is 7.41. The normalized spacial score (nSPS) is 10.5. The summed E-state index contributed by atoms with van der Waals surface area (Å²) in [5.74, 6) is 0. The number of nitrogens with zero attached hydrogens (tertiary/aromatic N) is 1. The third kappa shape index (κ3) is 3.74. The molecule has 1 aromatic rings. The van der Waals surface area contributed by atoms with Crippen molar-refractivity contribution >= 4 is 39.7 Å². The van der Waals surface area contributed by atoms with Gasteiger partial charge in [0.2, 0.25) is 0 Å². The van der Waals surface area contributed by atoms with Gasteiger partial charge in [-0.25, -0.2) is 0 Å². The van der Waals surface area contributed by atoms with E-state index >= 15 is 0 Å². The van der Waals surface area contributed by atoms with Crippen LogP contribution in [0, 0.1) is 0 Å². The van der Waals surface area contributed by atoms with Crippen LogP contribution in [0.5, 0.6) is 0 Å². The van der Waals surface area contributed by atoms with Crippen LogP contribution in [0.1, 0.15) is 6.92 Å². The van der Waals surface area contributed by atoms with Crippen LogP contribution in [0.15, 0.2) is 29.4 Å². The van der Waals surface area contributed by atoms with Gasteiger partial charge in [0.25, 0.3) is 10.1 Å². The molecule has 0 aromatic carbocycles. The Hall–Kier alpha value is 0.0600. The van der Waals surface area contributed by atoms with Crippen LogP contribution in [-0.2, 0) is 14.3 Å². The fraction of sp³-hybridized carbons (Fsp3) is 0.286. The molecule has 68 valence electrons. The molecule has 0 spiro atoms. The summed E-state index contributed by atoms with van der Waals surface area (Å²) in [6.45, 7) is 1.77. The first-order chi connectivity index (χ1) is 5.67. The SMILES string of the molecule is CCOS(=O)(=O)c1ccncc1.[NaH]. The molecule has 0 radical (unpaired) electrons. The van der Waals surface area contributed by atoms with E-state index in [1.807, 2.05) is 0 Å². The van der Waals surface area contributed by atoms with E-state index in [9.17, 15) is 8.42 Å². The number of pyridine rings is 1. The van der Waals surface area contributed by atoms with Gasteiger partial charge in [0.05, 0.1) is 11.5 Å². The molecule has 0 aliphatic rings. The van der Waals surface area contributed by atoms with Crippen molar-refractivity contribution in [1.29, 1.82) is 0 Å². The average molecular weight is 211 g/mol. The monoisotopic (exact) mass is 211 g/mol. The van der Waals surface area contributed by atoms with Crippen molar-refractivity contribution in [3.63, 3.8) is 0 Å². The Bertz CT molecular complexity index is 338. The van der Waals surface area contributed by atoms with Gasteiger partial charge in [-0.3, -0.25) is 9.17 Å². The number of hydrogen-bond donors (Lipinski definition) is 0. The van der Waals surface area contributed by atoms with Crippen molar-refractivity contribution in [2.75, 3.05) is 6.61 Å². The van der Waals surface area contributed by atoms with Crippen LogP contribution < -0.4 is 0 Å². The van der Waals surface area contributed by atoms with Gasteiger partial charge in [0.1, 0.15) is 0 Å². The second-order valence-electron chi connectivity index (χ2n) is 2.04. The summed E-state index contributed by atoms with van der Waals surface area (Å²) in [5.41, 5.74) is 0. The van der Waals surface area contributed by atoms with Crippen molar-refractivity contribution in [3.8, 4) is 0 Å². The minimum atomic E-state index is -3.55. The van der Waals surface area contributed by atoms with Gasteiger partial charge in [0, 0.05) is 12.4 Å². The summed E-state index contributed by atoms with van der Waals surface area (Å²) in [7, 11) is -3.55.